The second-order valence-electron chi connectivity index (χ2n) is 28.6. The van der Waals surface area contributed by atoms with E-state index in [2.05, 4.69) is 142 Å². The van der Waals surface area contributed by atoms with Crippen LogP contribution in [0, 0.1) is 23.7 Å². The van der Waals surface area contributed by atoms with Crippen LogP contribution < -0.4 is 0 Å². The lowest BCUT2D eigenvalue weighted by molar-refractivity contribution is -0.266. The van der Waals surface area contributed by atoms with Crippen molar-refractivity contribution in [2.24, 2.45) is 23.7 Å². The molecule has 17 atom stereocenters. The van der Waals surface area contributed by atoms with E-state index in [4.69, 9.17) is 37.0 Å². The molecule has 418 valence electrons. The minimum Gasteiger partial charge on any atom is -0.408 e. The third-order valence-electron chi connectivity index (χ3n) is 19.9. The molecule has 0 aromatic carbocycles. The van der Waals surface area contributed by atoms with Gasteiger partial charge in [0.15, 0.2) is 30.7 Å². The highest BCUT2D eigenvalue weighted by atomic mass is 28.4. The quantitative estimate of drug-likeness (QED) is 0.164. The van der Waals surface area contributed by atoms with Crippen molar-refractivity contribution in [3.05, 3.63) is 36.5 Å². The van der Waals surface area contributed by atoms with E-state index in [0.717, 1.165) is 49.7 Å². The Morgan fingerprint density at radius 2 is 1.21 bits per heavy atom. The van der Waals surface area contributed by atoms with Crippen molar-refractivity contribution in [3.8, 4) is 0 Å². The molecule has 0 aromatic rings. The number of fused-ring (bicyclic) bond motifs is 2. The third kappa shape index (κ3) is 14.8. The summed E-state index contributed by atoms with van der Waals surface area (Å²) >= 11 is 0. The molecule has 8 aliphatic rings. The van der Waals surface area contributed by atoms with E-state index in [1.54, 1.807) is 6.08 Å². The van der Waals surface area contributed by atoms with E-state index in [1.807, 2.05) is 6.08 Å². The molecule has 5 saturated heterocycles. The number of hydrogen-bond acceptors (Lipinski definition) is 10. The van der Waals surface area contributed by atoms with Crippen LogP contribution in [0.2, 0.25) is 54.4 Å². The second kappa shape index (κ2) is 23.7. The maximum Gasteiger partial charge on any atom is 0.193 e. The van der Waals surface area contributed by atoms with E-state index < -0.39 is 55.5 Å². The first kappa shape index (κ1) is 61.1. The first-order valence-corrected chi connectivity index (χ1v) is 37.7. The number of Topliss-reactive ketones (excluding diaryl/α,β-unsaturated/α-hetero) is 1. The number of carbonyl (C=O) groups is 2. The fourth-order valence-corrected chi connectivity index (χ4v) is 15.3. The van der Waals surface area contributed by atoms with E-state index >= 15 is 0 Å². The highest BCUT2D eigenvalue weighted by Crippen LogP contribution is 2.49. The van der Waals surface area contributed by atoms with Gasteiger partial charge in [-0.15, -0.1) is 0 Å². The summed E-state index contributed by atoms with van der Waals surface area (Å²) in [4.78, 5) is 28.9. The smallest absolute Gasteiger partial charge is 0.193 e. The molecule has 73 heavy (non-hydrogen) atoms. The molecule has 5 fully saturated rings. The highest BCUT2D eigenvalue weighted by Gasteiger charge is 2.58. The van der Waals surface area contributed by atoms with E-state index in [0.29, 0.717) is 56.8 Å². The molecule has 13 heteroatoms. The number of ether oxygens (including phenoxy) is 5. The average Bonchev–Trinajstić information content (AvgIpc) is 3.77. The van der Waals surface area contributed by atoms with Crippen molar-refractivity contribution >= 4 is 36.5 Å². The first-order chi connectivity index (χ1) is 33.6. The van der Waals surface area contributed by atoms with Crippen LogP contribution in [0.5, 0.6) is 0 Å². The number of allylic oxidation sites excluding steroid dienone is 1. The van der Waals surface area contributed by atoms with Crippen LogP contribution in [-0.4, -0.2) is 116 Å². The summed E-state index contributed by atoms with van der Waals surface area (Å²) < 4.78 is 58.3. The molecule has 0 N–H and O–H groups in total. The standard InChI is InChI=1S/C60H106O10Si3/c1-22-37(2)31-51-41(6)47-35-43(62)34-46-27-30-49-54(65-46)56(69-72(18,19)59(10,11)12)57(70-73(20,21)60(13,14)15)55(67-49)50(68-71(16,17)58(7,8)9)28-24-42(61)23-25-44-33-39(4)48(63-44)29-26-45-32-38(3)40(5)52(64-45)36-53(47)66-51/h24,28,37-38,41,44-57H,4-5,22-23,25-27,29-36H2,1-3,6-21H3/b28-24+/t37-,38-,41-,44?,45+,46?,47-,48?,49+,50+,51-,52?,53+,54+,55+,56+,57-/m1/s1. The Balaban J connectivity index is 1.42. The normalized spacial score (nSPS) is 38.2. The molecular formula is C60H106O10Si3. The summed E-state index contributed by atoms with van der Waals surface area (Å²) in [6.45, 7) is 52.4. The molecule has 8 bridgehead atoms. The van der Waals surface area contributed by atoms with Gasteiger partial charge in [0.1, 0.15) is 30.2 Å². The van der Waals surface area contributed by atoms with Gasteiger partial charge in [-0.1, -0.05) is 116 Å². The van der Waals surface area contributed by atoms with E-state index in [-0.39, 0.29) is 87.3 Å². The summed E-state index contributed by atoms with van der Waals surface area (Å²) in [5, 5.41) is -0.363. The largest absolute Gasteiger partial charge is 0.408 e. The molecule has 4 unspecified atom stereocenters. The van der Waals surface area contributed by atoms with Gasteiger partial charge in [0.05, 0.1) is 54.9 Å². The van der Waals surface area contributed by atoms with Crippen molar-refractivity contribution in [1.82, 2.24) is 0 Å². The van der Waals surface area contributed by atoms with Gasteiger partial charge in [0.25, 0.3) is 0 Å². The van der Waals surface area contributed by atoms with Crippen LogP contribution in [0.3, 0.4) is 0 Å². The van der Waals surface area contributed by atoms with Gasteiger partial charge >= 0.3 is 0 Å². The second-order valence-corrected chi connectivity index (χ2v) is 42.9. The molecule has 8 rings (SSSR count). The molecule has 8 heterocycles. The zero-order chi connectivity index (χ0) is 54.4. The molecule has 0 saturated carbocycles. The maximum absolute atomic E-state index is 14.8. The lowest BCUT2D eigenvalue weighted by Gasteiger charge is -2.56. The minimum absolute atomic E-state index is 0.0333. The minimum atomic E-state index is -2.54. The van der Waals surface area contributed by atoms with E-state index in [1.165, 1.54) is 0 Å². The Bertz CT molecular complexity index is 1940. The Hall–Kier alpha value is -1.11. The van der Waals surface area contributed by atoms with Crippen molar-refractivity contribution < 1.29 is 46.6 Å². The molecule has 0 aliphatic carbocycles. The van der Waals surface area contributed by atoms with Crippen molar-refractivity contribution in [3.63, 3.8) is 0 Å². The molecular weight excluding hydrogens is 965 g/mol. The Kier molecular flexibility index (Phi) is 19.8. The number of ketones is 2. The van der Waals surface area contributed by atoms with E-state index in [9.17, 15) is 9.59 Å². The predicted molar refractivity (Wildman–Crippen MR) is 304 cm³/mol. The number of rotatable bonds is 9. The Morgan fingerprint density at radius 3 is 1.81 bits per heavy atom. The summed E-state index contributed by atoms with van der Waals surface area (Å²) in [6.07, 6.45) is 9.33. The third-order valence-corrected chi connectivity index (χ3v) is 33.3. The zero-order valence-electron chi connectivity index (χ0n) is 49.7. The van der Waals surface area contributed by atoms with Gasteiger partial charge in [-0.2, -0.15) is 0 Å². The Morgan fingerprint density at radius 1 is 0.644 bits per heavy atom. The van der Waals surface area contributed by atoms with Gasteiger partial charge in [-0.05, 0) is 147 Å². The number of carbonyl (C=O) groups excluding carboxylic acids is 2. The molecule has 10 nitrogen and oxygen atoms in total. The van der Waals surface area contributed by atoms with Crippen LogP contribution in [-0.2, 0) is 46.6 Å². The first-order valence-electron chi connectivity index (χ1n) is 29.0. The molecule has 0 spiro atoms. The molecule has 0 aromatic heterocycles. The van der Waals surface area contributed by atoms with Gasteiger partial charge in [-0.25, -0.2) is 0 Å². The summed E-state index contributed by atoms with van der Waals surface area (Å²) in [6, 6.07) is 0. The van der Waals surface area contributed by atoms with Crippen LogP contribution in [0.25, 0.3) is 0 Å². The fourth-order valence-electron chi connectivity index (χ4n) is 11.5. The highest BCUT2D eigenvalue weighted by molar-refractivity contribution is 6.75. The van der Waals surface area contributed by atoms with Crippen LogP contribution >= 0.6 is 0 Å². The zero-order valence-corrected chi connectivity index (χ0v) is 52.7. The predicted octanol–water partition coefficient (Wildman–Crippen LogP) is 14.4. The molecule has 0 radical (unpaired) electrons. The summed E-state index contributed by atoms with van der Waals surface area (Å²) in [5.74, 6) is 1.36. The van der Waals surface area contributed by atoms with Gasteiger partial charge in [0, 0.05) is 25.7 Å². The lowest BCUT2D eigenvalue weighted by atomic mass is 9.78. The summed E-state index contributed by atoms with van der Waals surface area (Å²) in [5.41, 5.74) is 2.22. The molecule has 8 aliphatic heterocycles. The molecule has 0 amide bonds. The van der Waals surface area contributed by atoms with Gasteiger partial charge in [0.2, 0.25) is 0 Å². The SMILES string of the molecule is C=C1CC2CCC(=O)/C=C/[C@H](O[Si](C)(C)C(C)(C)C)[C@@H]3O[C@H]4CCC(CC(=O)C[C@@H]5[C@@H](C)[C@@H](C[C@H](C)CC)O[C@H]5CC5O[C@@H](CCC1O2)C[C@@H](C)C5=C)O[C@@H]4[C@H](O[Si](C)(C)C(C)(C)C)[C@@H]3O[Si](C)(C)C(C)(C)C. The number of hydrogen-bond donors (Lipinski definition) is 0. The van der Waals surface area contributed by atoms with Crippen LogP contribution in [0.4, 0.5) is 0 Å². The van der Waals surface area contributed by atoms with Gasteiger partial charge in [-0.3, -0.25) is 9.59 Å². The Labute approximate surface area is 448 Å². The van der Waals surface area contributed by atoms with Crippen molar-refractivity contribution in [1.29, 1.82) is 0 Å². The van der Waals surface area contributed by atoms with Crippen molar-refractivity contribution in [2.75, 3.05) is 0 Å². The summed E-state index contributed by atoms with van der Waals surface area (Å²) in [7, 11) is -7.52. The lowest BCUT2D eigenvalue weighted by Crippen LogP contribution is -2.69. The van der Waals surface area contributed by atoms with Crippen LogP contribution in [0.15, 0.2) is 36.5 Å². The topological polar surface area (TPSA) is 108 Å². The maximum atomic E-state index is 14.8. The van der Waals surface area contributed by atoms with Gasteiger partial charge < -0.3 is 37.0 Å². The van der Waals surface area contributed by atoms with Crippen molar-refractivity contribution in [2.45, 2.75) is 307 Å². The fraction of sp³-hybridized carbons (Fsp3) is 0.867. The van der Waals surface area contributed by atoms with Crippen LogP contribution in [0.1, 0.15) is 173 Å². The average molecular weight is 1070 g/mol. The monoisotopic (exact) mass is 1070 g/mol.